The number of phenols is 2. The lowest BCUT2D eigenvalue weighted by atomic mass is 10.1. The Morgan fingerprint density at radius 2 is 1.54 bits per heavy atom. The number of phenolic OH excluding ortho intramolecular Hbond substituents is 2. The van der Waals surface area contributed by atoms with Crippen LogP contribution in [0, 0.1) is 10.1 Å². The zero-order valence-corrected chi connectivity index (χ0v) is 20.4. The molecule has 3 aromatic rings. The molecule has 16 nitrogen and oxygen atoms in total. The van der Waals surface area contributed by atoms with Crippen LogP contribution in [0.25, 0.3) is 10.8 Å². The molecule has 0 amide bonds. The van der Waals surface area contributed by atoms with E-state index in [1.807, 2.05) is 0 Å². The van der Waals surface area contributed by atoms with E-state index in [0.29, 0.717) is 17.5 Å². The van der Waals surface area contributed by atoms with Crippen LogP contribution in [0.4, 0.5) is 17.1 Å². The molecule has 0 aliphatic rings. The Hall–Kier alpha value is -3.75. The van der Waals surface area contributed by atoms with Crippen LogP contribution >= 0.6 is 0 Å². The average molecular weight is 578 g/mol. The molecule has 3 aromatic carbocycles. The Morgan fingerprint density at radius 1 is 0.892 bits per heavy atom. The van der Waals surface area contributed by atoms with E-state index in [-0.39, 0.29) is 11.1 Å². The summed E-state index contributed by atoms with van der Waals surface area (Å²) >= 11 is 0. The largest absolute Gasteiger partial charge is 0.506 e. The number of hydrogen-bond donors (Lipinski definition) is 4. The number of nitro benzene ring substituents is 1. The van der Waals surface area contributed by atoms with Gasteiger partial charge in [0.15, 0.2) is 9.84 Å². The zero-order valence-electron chi connectivity index (χ0n) is 18.0. The van der Waals surface area contributed by atoms with Crippen LogP contribution in [-0.4, -0.2) is 61.9 Å². The van der Waals surface area contributed by atoms with Crippen molar-refractivity contribution in [1.29, 1.82) is 0 Å². The number of nitro groups is 1. The van der Waals surface area contributed by atoms with Crippen molar-refractivity contribution >= 4 is 58.2 Å². The Bertz CT molecular complexity index is 1770. The first-order valence-corrected chi connectivity index (χ1v) is 14.0. The minimum atomic E-state index is -4.96. The van der Waals surface area contributed by atoms with Gasteiger partial charge in [0.2, 0.25) is 5.75 Å². The fourth-order valence-electron chi connectivity index (χ4n) is 2.98. The normalized spacial score (nSPS) is 12.8. The molecule has 0 unspecified atom stereocenters. The minimum absolute atomic E-state index is 0.0426. The first-order chi connectivity index (χ1) is 17.0. The van der Waals surface area contributed by atoms with Gasteiger partial charge in [-0.1, -0.05) is 12.1 Å². The lowest BCUT2D eigenvalue weighted by Gasteiger charge is -2.08. The molecular weight excluding hydrogens is 562 g/mol. The maximum Gasteiger partial charge on any atom is 0.397 e. The summed E-state index contributed by atoms with van der Waals surface area (Å²) in [5.41, 5.74) is -2.26. The van der Waals surface area contributed by atoms with Gasteiger partial charge >= 0.3 is 16.1 Å². The molecular formula is C18H15N3O13S3. The summed E-state index contributed by atoms with van der Waals surface area (Å²) in [5.74, 6) is -2.71. The van der Waals surface area contributed by atoms with Gasteiger partial charge in [-0.2, -0.15) is 16.8 Å². The summed E-state index contributed by atoms with van der Waals surface area (Å²) in [6.07, 6.45) is 0. The summed E-state index contributed by atoms with van der Waals surface area (Å²) in [5, 5.41) is 39.4. The molecule has 37 heavy (non-hydrogen) atoms. The van der Waals surface area contributed by atoms with E-state index in [4.69, 9.17) is 4.55 Å². The van der Waals surface area contributed by atoms with Crippen molar-refractivity contribution < 1.29 is 53.7 Å². The number of benzene rings is 3. The second-order valence-electron chi connectivity index (χ2n) is 7.13. The van der Waals surface area contributed by atoms with E-state index < -0.39 is 80.3 Å². The molecule has 0 bridgehead atoms. The molecule has 0 spiro atoms. The third-order valence-electron chi connectivity index (χ3n) is 4.68. The van der Waals surface area contributed by atoms with Crippen molar-refractivity contribution in [3.05, 3.63) is 52.6 Å². The summed E-state index contributed by atoms with van der Waals surface area (Å²) < 4.78 is 91.1. The van der Waals surface area contributed by atoms with Crippen molar-refractivity contribution in [2.24, 2.45) is 10.2 Å². The van der Waals surface area contributed by atoms with Gasteiger partial charge in [0, 0.05) is 11.5 Å². The summed E-state index contributed by atoms with van der Waals surface area (Å²) in [7, 11) is -14.1. The molecule has 0 aliphatic carbocycles. The van der Waals surface area contributed by atoms with Crippen molar-refractivity contribution in [1.82, 2.24) is 0 Å². The highest BCUT2D eigenvalue weighted by Gasteiger charge is 2.26. The quantitative estimate of drug-likeness (QED) is 0.123. The van der Waals surface area contributed by atoms with Crippen LogP contribution < -0.4 is 0 Å². The van der Waals surface area contributed by atoms with Crippen LogP contribution in [0.5, 0.6) is 11.5 Å². The third kappa shape index (κ3) is 6.53. The van der Waals surface area contributed by atoms with Crippen LogP contribution in [0.1, 0.15) is 0 Å². The maximum atomic E-state index is 12.5. The monoisotopic (exact) mass is 577 g/mol. The van der Waals surface area contributed by atoms with E-state index >= 15 is 0 Å². The summed E-state index contributed by atoms with van der Waals surface area (Å²) in [6.45, 7) is -1.04. The molecule has 0 heterocycles. The summed E-state index contributed by atoms with van der Waals surface area (Å²) in [6, 6.07) is 6.98. The smallest absolute Gasteiger partial charge is 0.397 e. The highest BCUT2D eigenvalue weighted by Crippen LogP contribution is 2.42. The molecule has 198 valence electrons. The number of fused-ring (bicyclic) bond motifs is 1. The Kier molecular flexibility index (Phi) is 7.49. The molecule has 0 radical (unpaired) electrons. The van der Waals surface area contributed by atoms with Gasteiger partial charge in [-0.25, -0.2) is 12.6 Å². The van der Waals surface area contributed by atoms with Gasteiger partial charge in [0.05, 0.1) is 27.1 Å². The van der Waals surface area contributed by atoms with Crippen LogP contribution in [-0.2, 0) is 34.5 Å². The Balaban J connectivity index is 2.14. The summed E-state index contributed by atoms with van der Waals surface area (Å²) in [4.78, 5) is 8.88. The van der Waals surface area contributed by atoms with Crippen LogP contribution in [0.2, 0.25) is 0 Å². The standard InChI is InChI=1S/C18H15N3O13S3/c22-16-4-2-10-1-3-11(36(28,29)30)7-13(10)17(16)20-19-14-8-12(9-15(18(14)23)21(24)25)35(26,27)6-5-34-37(31,32)33/h1-4,7-9,22-23H,5-6H2,(H,28,29,30)(H,31,32,33)/b20-19+. The van der Waals surface area contributed by atoms with Gasteiger partial charge in [-0.15, -0.1) is 10.2 Å². The fourth-order valence-corrected chi connectivity index (χ4v) is 5.01. The zero-order chi connectivity index (χ0) is 27.8. The first-order valence-electron chi connectivity index (χ1n) is 9.50. The van der Waals surface area contributed by atoms with Crippen molar-refractivity contribution in [3.8, 4) is 11.5 Å². The first kappa shape index (κ1) is 27.8. The number of azo groups is 1. The molecule has 19 heteroatoms. The number of aromatic hydroxyl groups is 2. The van der Waals surface area contributed by atoms with Gasteiger partial charge in [-0.3, -0.25) is 19.2 Å². The van der Waals surface area contributed by atoms with Gasteiger partial charge in [-0.05, 0) is 29.7 Å². The van der Waals surface area contributed by atoms with Crippen LogP contribution in [0.15, 0.2) is 62.5 Å². The van der Waals surface area contributed by atoms with E-state index in [1.165, 1.54) is 12.1 Å². The maximum absolute atomic E-state index is 12.5. The van der Waals surface area contributed by atoms with E-state index in [0.717, 1.165) is 18.2 Å². The molecule has 4 N–H and O–H groups in total. The second-order valence-corrected chi connectivity index (χ2v) is 11.7. The Morgan fingerprint density at radius 3 is 2.14 bits per heavy atom. The van der Waals surface area contributed by atoms with Gasteiger partial charge in [0.1, 0.15) is 17.1 Å². The second kappa shape index (κ2) is 9.95. The van der Waals surface area contributed by atoms with Gasteiger partial charge in [0.25, 0.3) is 10.1 Å². The molecule has 0 aliphatic heterocycles. The molecule has 0 fully saturated rings. The van der Waals surface area contributed by atoms with Crippen molar-refractivity contribution in [2.75, 3.05) is 12.4 Å². The molecule has 0 aromatic heterocycles. The number of sulfone groups is 1. The third-order valence-corrected chi connectivity index (χ3v) is 7.65. The van der Waals surface area contributed by atoms with Gasteiger partial charge < -0.3 is 10.2 Å². The van der Waals surface area contributed by atoms with Crippen LogP contribution in [0.3, 0.4) is 0 Å². The lowest BCUT2D eigenvalue weighted by molar-refractivity contribution is -0.386. The number of rotatable bonds is 9. The minimum Gasteiger partial charge on any atom is -0.506 e. The molecule has 0 atom stereocenters. The van der Waals surface area contributed by atoms with E-state index in [9.17, 15) is 50.1 Å². The predicted octanol–water partition coefficient (Wildman–Crippen LogP) is 2.41. The lowest BCUT2D eigenvalue weighted by Crippen LogP contribution is -2.15. The van der Waals surface area contributed by atoms with Crippen molar-refractivity contribution in [3.63, 3.8) is 0 Å². The SMILES string of the molecule is O=[N+]([O-])c1cc(S(=O)(=O)CCOS(=O)(=O)O)cc(/N=N/c2c(O)ccc3ccc(S(=O)(=O)O)cc23)c1O. The highest BCUT2D eigenvalue weighted by atomic mass is 32.3. The number of nitrogens with zero attached hydrogens (tertiary/aromatic N) is 3. The van der Waals surface area contributed by atoms with E-state index in [1.54, 1.807) is 0 Å². The molecule has 0 saturated heterocycles. The highest BCUT2D eigenvalue weighted by molar-refractivity contribution is 7.91. The number of hydrogen-bond acceptors (Lipinski definition) is 13. The Labute approximate surface area is 208 Å². The van der Waals surface area contributed by atoms with Crippen molar-refractivity contribution in [2.45, 2.75) is 9.79 Å². The fraction of sp³-hybridized carbons (Fsp3) is 0.111. The van der Waals surface area contributed by atoms with E-state index in [2.05, 4.69) is 14.4 Å². The molecule has 0 saturated carbocycles. The predicted molar refractivity (Wildman–Crippen MR) is 124 cm³/mol. The molecule has 3 rings (SSSR count). The topological polar surface area (TPSA) is 260 Å². The average Bonchev–Trinajstić information content (AvgIpc) is 2.76.